The summed E-state index contributed by atoms with van der Waals surface area (Å²) >= 11 is 0. The lowest BCUT2D eigenvalue weighted by molar-refractivity contribution is -0.139. The molecule has 0 bridgehead atoms. The molecule has 4 rings (SSSR count). The molecule has 2 amide bonds. The molecule has 1 aromatic heterocycles. The first-order valence-electron chi connectivity index (χ1n) is 15.0. The lowest BCUT2D eigenvalue weighted by atomic mass is 9.70. The van der Waals surface area contributed by atoms with Crippen LogP contribution in [0, 0.1) is 5.41 Å². The van der Waals surface area contributed by atoms with E-state index in [1.807, 2.05) is 36.4 Å². The van der Waals surface area contributed by atoms with Gasteiger partial charge in [-0.3, -0.25) is 24.0 Å². The van der Waals surface area contributed by atoms with Gasteiger partial charge < -0.3 is 20.1 Å². The molecule has 0 spiro atoms. The molecule has 2 aromatic carbocycles. The third-order valence-corrected chi connectivity index (χ3v) is 8.28. The second-order valence-electron chi connectivity index (χ2n) is 12.4. The van der Waals surface area contributed by atoms with Gasteiger partial charge in [-0.2, -0.15) is 5.10 Å². The Hall–Kier alpha value is -4.80. The Morgan fingerprint density at radius 3 is 2.13 bits per heavy atom. The van der Waals surface area contributed by atoms with E-state index in [4.69, 9.17) is 4.74 Å². The van der Waals surface area contributed by atoms with E-state index < -0.39 is 34.7 Å². The van der Waals surface area contributed by atoms with Crippen LogP contribution in [0.2, 0.25) is 0 Å². The summed E-state index contributed by atoms with van der Waals surface area (Å²) in [6.07, 6.45) is 0.351. The van der Waals surface area contributed by atoms with Crippen LogP contribution in [-0.4, -0.2) is 74.9 Å². The average Bonchev–Trinajstić information content (AvgIpc) is 3.46. The number of carboxylic acids is 1. The highest BCUT2D eigenvalue weighted by Crippen LogP contribution is 2.36. The van der Waals surface area contributed by atoms with E-state index >= 15 is 0 Å². The smallest absolute Gasteiger partial charge is 0.303 e. The summed E-state index contributed by atoms with van der Waals surface area (Å²) in [5, 5.41) is 16.4. The summed E-state index contributed by atoms with van der Waals surface area (Å²) in [6, 6.07) is 18.7. The fourth-order valence-corrected chi connectivity index (χ4v) is 5.38. The minimum atomic E-state index is -1.14. The van der Waals surface area contributed by atoms with Crippen molar-refractivity contribution in [2.24, 2.45) is 5.41 Å². The van der Waals surface area contributed by atoms with Gasteiger partial charge in [0.1, 0.15) is 18.4 Å². The van der Waals surface area contributed by atoms with E-state index in [0.29, 0.717) is 18.5 Å². The minimum Gasteiger partial charge on any atom is -0.481 e. The molecule has 0 aliphatic carbocycles. The van der Waals surface area contributed by atoms with E-state index in [1.165, 1.54) is 10.7 Å². The molecule has 1 saturated heterocycles. The predicted octanol–water partition coefficient (Wildman–Crippen LogP) is 3.98. The van der Waals surface area contributed by atoms with Crippen molar-refractivity contribution >= 4 is 29.4 Å². The number of aliphatic carboxylic acids is 1. The van der Waals surface area contributed by atoms with Gasteiger partial charge in [-0.15, -0.1) is 0 Å². The monoisotopic (exact) mass is 616 g/mol. The van der Waals surface area contributed by atoms with Crippen molar-refractivity contribution in [1.82, 2.24) is 20.0 Å². The number of benzene rings is 2. The molecule has 2 N–H and O–H groups in total. The summed E-state index contributed by atoms with van der Waals surface area (Å²) in [6.45, 7) is 7.22. The zero-order valence-corrected chi connectivity index (χ0v) is 26.1. The van der Waals surface area contributed by atoms with Gasteiger partial charge in [-0.05, 0) is 43.9 Å². The van der Waals surface area contributed by atoms with E-state index in [9.17, 15) is 29.1 Å². The number of ether oxygens (including phenoxy) is 1. The summed E-state index contributed by atoms with van der Waals surface area (Å²) in [4.78, 5) is 65.6. The molecule has 45 heavy (non-hydrogen) atoms. The number of Topliss-reactive ketones (excluding diaryl/α,β-unsaturated/α-hetero) is 2. The van der Waals surface area contributed by atoms with Crippen LogP contribution in [0.3, 0.4) is 0 Å². The Balaban J connectivity index is 1.54. The highest BCUT2D eigenvalue weighted by molar-refractivity contribution is 5.97. The Morgan fingerprint density at radius 2 is 1.58 bits per heavy atom. The lowest BCUT2D eigenvalue weighted by Crippen LogP contribution is -2.54. The fraction of sp³-hybridized carbons (Fsp3) is 0.412. The van der Waals surface area contributed by atoms with Crippen molar-refractivity contribution in [1.29, 1.82) is 0 Å². The van der Waals surface area contributed by atoms with Crippen LogP contribution >= 0.6 is 0 Å². The molecule has 1 aliphatic heterocycles. The van der Waals surface area contributed by atoms with Crippen LogP contribution in [0.25, 0.3) is 5.69 Å². The molecule has 1 atom stereocenters. The largest absolute Gasteiger partial charge is 0.481 e. The van der Waals surface area contributed by atoms with Gasteiger partial charge in [-0.1, -0.05) is 69.3 Å². The maximum absolute atomic E-state index is 13.7. The van der Waals surface area contributed by atoms with Gasteiger partial charge >= 0.3 is 5.97 Å². The van der Waals surface area contributed by atoms with Crippen molar-refractivity contribution in [3.8, 4) is 11.6 Å². The number of hydrogen-bond donors (Lipinski definition) is 2. The molecule has 238 valence electrons. The maximum atomic E-state index is 13.7. The second kappa shape index (κ2) is 13.9. The molecule has 2 heterocycles. The maximum Gasteiger partial charge on any atom is 0.303 e. The summed E-state index contributed by atoms with van der Waals surface area (Å²) in [7, 11) is 0. The zero-order chi connectivity index (χ0) is 32.8. The molecule has 0 saturated carbocycles. The fourth-order valence-electron chi connectivity index (χ4n) is 5.38. The molecule has 0 radical (unpaired) electrons. The van der Waals surface area contributed by atoms with E-state index in [2.05, 4.69) is 10.4 Å². The number of ketones is 2. The zero-order valence-electron chi connectivity index (χ0n) is 26.1. The van der Waals surface area contributed by atoms with E-state index in [0.717, 1.165) is 5.56 Å². The molecule has 1 aliphatic rings. The third-order valence-electron chi connectivity index (χ3n) is 8.28. The SMILES string of the molecule is CC(=O)C1(c2ccccc2)CCN(C(=O)[C@H](CCC(=O)O)NC(=O)c2cc(OCC(=O)C(C)(C)C)n(-c3ccccc3)n2)CC1. The number of rotatable bonds is 12. The van der Waals surface area contributed by atoms with Crippen molar-refractivity contribution in [3.63, 3.8) is 0 Å². The van der Waals surface area contributed by atoms with Crippen molar-refractivity contribution in [2.75, 3.05) is 19.7 Å². The first kappa shape index (κ1) is 33.1. The van der Waals surface area contributed by atoms with Crippen molar-refractivity contribution in [3.05, 3.63) is 78.0 Å². The standard InChI is InChI=1S/C34H40N4O7/c1-23(39)34(24-11-7-5-8-12-24)17-19-37(20-18-34)32(44)26(15-16-30(41)42)35-31(43)27-21-29(45-22-28(40)33(2,3)4)38(36-27)25-13-9-6-10-14-25/h5-14,21,26H,15-20,22H2,1-4H3,(H,35,43)(H,41,42)/t26-/m0/s1. The number of para-hydroxylation sites is 1. The van der Waals surface area contributed by atoms with Gasteiger partial charge in [0, 0.05) is 31.0 Å². The molecule has 1 fully saturated rings. The highest BCUT2D eigenvalue weighted by Gasteiger charge is 2.42. The van der Waals surface area contributed by atoms with Crippen molar-refractivity contribution in [2.45, 2.75) is 64.8 Å². The van der Waals surface area contributed by atoms with Gasteiger partial charge in [0.15, 0.2) is 11.5 Å². The quantitative estimate of drug-likeness (QED) is 0.311. The summed E-state index contributed by atoms with van der Waals surface area (Å²) < 4.78 is 7.20. The van der Waals surface area contributed by atoms with Gasteiger partial charge in [0.25, 0.3) is 5.91 Å². The summed E-state index contributed by atoms with van der Waals surface area (Å²) in [5.41, 5.74) is 0.0798. The number of carbonyl (C=O) groups excluding carboxylic acids is 4. The Morgan fingerprint density at radius 1 is 0.978 bits per heavy atom. The molecular formula is C34H40N4O7. The minimum absolute atomic E-state index is 0.0211. The number of amides is 2. The molecular weight excluding hydrogens is 576 g/mol. The van der Waals surface area contributed by atoms with Crippen LogP contribution in [0.1, 0.15) is 69.4 Å². The van der Waals surface area contributed by atoms with Crippen LogP contribution in [-0.2, 0) is 24.6 Å². The molecule has 11 heteroatoms. The van der Waals surface area contributed by atoms with Gasteiger partial charge in [-0.25, -0.2) is 4.68 Å². The van der Waals surface area contributed by atoms with Crippen LogP contribution in [0.5, 0.6) is 5.88 Å². The second-order valence-corrected chi connectivity index (χ2v) is 12.4. The number of nitrogens with one attached hydrogen (secondary N) is 1. The lowest BCUT2D eigenvalue weighted by Gasteiger charge is -2.41. The Bertz CT molecular complexity index is 1540. The number of carboxylic acid groups (broad SMARTS) is 1. The first-order chi connectivity index (χ1) is 21.3. The van der Waals surface area contributed by atoms with Gasteiger partial charge in [0.05, 0.1) is 11.1 Å². The normalized spacial score (nSPS) is 15.2. The summed E-state index contributed by atoms with van der Waals surface area (Å²) in [5.74, 6) is -2.18. The van der Waals surface area contributed by atoms with E-state index in [-0.39, 0.29) is 55.7 Å². The van der Waals surface area contributed by atoms with E-state index in [1.54, 1.807) is 56.9 Å². The number of piperidine rings is 1. The number of carbonyl (C=O) groups is 5. The number of aromatic nitrogens is 2. The third kappa shape index (κ3) is 7.84. The van der Waals surface area contributed by atoms with Gasteiger partial charge in [0.2, 0.25) is 11.8 Å². The van der Waals surface area contributed by atoms with Crippen LogP contribution in [0.4, 0.5) is 0 Å². The molecule has 11 nitrogen and oxygen atoms in total. The number of likely N-dealkylation sites (tertiary alicyclic amines) is 1. The Labute approximate surface area is 262 Å². The topological polar surface area (TPSA) is 148 Å². The van der Waals surface area contributed by atoms with Crippen LogP contribution in [0.15, 0.2) is 66.7 Å². The van der Waals surface area contributed by atoms with Crippen molar-refractivity contribution < 1.29 is 33.8 Å². The Kier molecular flexibility index (Phi) is 10.2. The molecule has 3 aromatic rings. The first-order valence-corrected chi connectivity index (χ1v) is 15.0. The molecule has 0 unspecified atom stereocenters. The number of hydrogen-bond acceptors (Lipinski definition) is 7. The highest BCUT2D eigenvalue weighted by atomic mass is 16.5. The predicted molar refractivity (Wildman–Crippen MR) is 166 cm³/mol. The average molecular weight is 617 g/mol. The van der Waals surface area contributed by atoms with Crippen LogP contribution < -0.4 is 10.1 Å². The number of nitrogens with zero attached hydrogens (tertiary/aromatic N) is 3.